The van der Waals surface area contributed by atoms with Crippen LogP contribution in [0.3, 0.4) is 0 Å². The maximum Gasteiger partial charge on any atom is 0.224 e. The lowest BCUT2D eigenvalue weighted by molar-refractivity contribution is -0.643. The first-order valence-corrected chi connectivity index (χ1v) is 10.1. The maximum absolute atomic E-state index is 2.49. The van der Waals surface area contributed by atoms with Gasteiger partial charge < -0.3 is 4.40 Å². The Morgan fingerprint density at radius 3 is 2.54 bits per heavy atom. The molecule has 0 fully saturated rings. The summed E-state index contributed by atoms with van der Waals surface area (Å²) in [4.78, 5) is 0. The largest absolute Gasteiger partial charge is 0.307 e. The third kappa shape index (κ3) is 1.80. The zero-order valence-corrected chi connectivity index (χ0v) is 16.7. The SMILES string of the molecule is Cc1ccc2c3cc(C(C)C)ccc3n3c4cccc5cc[n+](C)c(c1c23)c54. The Bertz CT molecular complexity index is 1550. The van der Waals surface area contributed by atoms with Crippen molar-refractivity contribution in [2.75, 3.05) is 0 Å². The third-order valence-corrected chi connectivity index (χ3v) is 6.45. The predicted octanol–water partition coefficient (Wildman–Crippen LogP) is 6.25. The first-order valence-electron chi connectivity index (χ1n) is 10.1. The number of benzene rings is 3. The van der Waals surface area contributed by atoms with Crippen LogP contribution in [0.15, 0.2) is 60.8 Å². The first-order chi connectivity index (χ1) is 13.6. The summed E-state index contributed by atoms with van der Waals surface area (Å²) in [6, 6.07) is 20.5. The highest BCUT2D eigenvalue weighted by Gasteiger charge is 2.23. The minimum atomic E-state index is 0.524. The molecule has 0 bridgehead atoms. The van der Waals surface area contributed by atoms with Gasteiger partial charge >= 0.3 is 0 Å². The quantitative estimate of drug-likeness (QED) is 0.185. The van der Waals surface area contributed by atoms with Crippen molar-refractivity contribution in [2.24, 2.45) is 7.05 Å². The summed E-state index contributed by atoms with van der Waals surface area (Å²) in [5.41, 5.74) is 8.00. The number of nitrogens with zero attached hydrogens (tertiary/aromatic N) is 2. The summed E-state index contributed by atoms with van der Waals surface area (Å²) in [5, 5.41) is 6.72. The second-order valence-electron chi connectivity index (χ2n) is 8.44. The van der Waals surface area contributed by atoms with Crippen LogP contribution in [0, 0.1) is 6.92 Å². The van der Waals surface area contributed by atoms with Crippen molar-refractivity contribution in [3.8, 4) is 0 Å². The molecule has 0 radical (unpaired) electrons. The molecule has 0 aliphatic carbocycles. The standard InChI is InChI=1S/C26H23N2/c1-15(2)18-9-11-21-20(14-18)19-10-8-16(3)23-25(19)28(21)22-7-5-6-17-12-13-27(4)26(23)24(17)22/h5-15H,1-4H3/q+1. The van der Waals surface area contributed by atoms with Gasteiger partial charge in [-0.25, -0.2) is 4.57 Å². The van der Waals surface area contributed by atoms with Gasteiger partial charge in [0.15, 0.2) is 6.20 Å². The van der Waals surface area contributed by atoms with Crippen LogP contribution in [0.4, 0.5) is 0 Å². The number of rotatable bonds is 1. The summed E-state index contributed by atoms with van der Waals surface area (Å²) < 4.78 is 4.78. The molecule has 3 heterocycles. The highest BCUT2D eigenvalue weighted by molar-refractivity contribution is 6.25. The molecule has 0 aliphatic heterocycles. The van der Waals surface area contributed by atoms with Crippen LogP contribution in [-0.4, -0.2) is 4.40 Å². The van der Waals surface area contributed by atoms with Gasteiger partial charge in [0.1, 0.15) is 7.05 Å². The summed E-state index contributed by atoms with van der Waals surface area (Å²) >= 11 is 0. The van der Waals surface area contributed by atoms with Crippen LogP contribution < -0.4 is 4.57 Å². The van der Waals surface area contributed by atoms with Gasteiger partial charge in [-0.2, -0.15) is 0 Å². The van der Waals surface area contributed by atoms with E-state index in [0.29, 0.717) is 5.92 Å². The molecule has 0 saturated carbocycles. The molecular formula is C26H23N2+. The molecule has 3 aromatic carbocycles. The molecule has 0 unspecified atom stereocenters. The fourth-order valence-electron chi connectivity index (χ4n) is 5.02. The third-order valence-electron chi connectivity index (χ3n) is 6.45. The van der Waals surface area contributed by atoms with Crippen LogP contribution in [0.5, 0.6) is 0 Å². The molecule has 136 valence electrons. The summed E-state index contributed by atoms with van der Waals surface area (Å²) in [5.74, 6) is 0.524. The number of pyridine rings is 2. The van der Waals surface area contributed by atoms with E-state index in [1.165, 1.54) is 60.1 Å². The van der Waals surface area contributed by atoms with E-state index in [-0.39, 0.29) is 0 Å². The van der Waals surface area contributed by atoms with Crippen LogP contribution >= 0.6 is 0 Å². The van der Waals surface area contributed by atoms with E-state index in [0.717, 1.165) is 0 Å². The first kappa shape index (κ1) is 15.9. The number of fused-ring (bicyclic) bond motifs is 5. The van der Waals surface area contributed by atoms with Crippen LogP contribution in [0.1, 0.15) is 30.9 Å². The minimum absolute atomic E-state index is 0.524. The lowest BCUT2D eigenvalue weighted by Crippen LogP contribution is -2.28. The van der Waals surface area contributed by atoms with Gasteiger partial charge in [-0.1, -0.05) is 44.2 Å². The molecule has 2 heteroatoms. The Labute approximate surface area is 164 Å². The van der Waals surface area contributed by atoms with Crippen molar-refractivity contribution in [1.29, 1.82) is 0 Å². The second-order valence-corrected chi connectivity index (χ2v) is 8.44. The normalized spacial score (nSPS) is 12.6. The van der Waals surface area contributed by atoms with Crippen molar-refractivity contribution in [3.05, 3.63) is 71.9 Å². The Morgan fingerprint density at radius 1 is 0.857 bits per heavy atom. The summed E-state index contributed by atoms with van der Waals surface area (Å²) in [6.07, 6.45) is 2.19. The van der Waals surface area contributed by atoms with E-state index in [9.17, 15) is 0 Å². The highest BCUT2D eigenvalue weighted by atomic mass is 14.9. The van der Waals surface area contributed by atoms with Crippen LogP contribution in [-0.2, 0) is 7.05 Å². The van der Waals surface area contributed by atoms with Crippen molar-refractivity contribution in [2.45, 2.75) is 26.7 Å². The predicted molar refractivity (Wildman–Crippen MR) is 119 cm³/mol. The van der Waals surface area contributed by atoms with Gasteiger partial charge in [0.2, 0.25) is 5.52 Å². The van der Waals surface area contributed by atoms with Gasteiger partial charge in [-0.15, -0.1) is 0 Å². The highest BCUT2D eigenvalue weighted by Crippen LogP contribution is 2.41. The maximum atomic E-state index is 2.49. The van der Waals surface area contributed by atoms with Gasteiger partial charge in [0, 0.05) is 16.8 Å². The van der Waals surface area contributed by atoms with Crippen LogP contribution in [0.25, 0.3) is 49.0 Å². The molecule has 0 amide bonds. The lowest BCUT2D eigenvalue weighted by atomic mass is 9.98. The molecule has 3 aromatic heterocycles. The molecule has 0 spiro atoms. The van der Waals surface area contributed by atoms with E-state index < -0.39 is 0 Å². The van der Waals surface area contributed by atoms with Gasteiger partial charge in [0.05, 0.1) is 27.3 Å². The Morgan fingerprint density at radius 2 is 1.71 bits per heavy atom. The van der Waals surface area contributed by atoms with E-state index >= 15 is 0 Å². The molecule has 6 rings (SSSR count). The van der Waals surface area contributed by atoms with Crippen molar-refractivity contribution < 1.29 is 4.57 Å². The molecular weight excluding hydrogens is 340 g/mol. The van der Waals surface area contributed by atoms with Gasteiger partial charge in [-0.3, -0.25) is 0 Å². The minimum Gasteiger partial charge on any atom is -0.307 e. The Hall–Kier alpha value is -3.13. The van der Waals surface area contributed by atoms with Crippen LogP contribution in [0.2, 0.25) is 0 Å². The average Bonchev–Trinajstić information content (AvgIpc) is 3.02. The van der Waals surface area contributed by atoms with E-state index in [2.05, 4.69) is 97.6 Å². The molecule has 6 aromatic rings. The topological polar surface area (TPSA) is 8.29 Å². The fourth-order valence-corrected chi connectivity index (χ4v) is 5.02. The smallest absolute Gasteiger partial charge is 0.224 e. The van der Waals surface area contributed by atoms with E-state index in [1.54, 1.807) is 0 Å². The molecule has 0 N–H and O–H groups in total. The fraction of sp³-hybridized carbons (Fsp3) is 0.192. The monoisotopic (exact) mass is 363 g/mol. The number of aromatic nitrogens is 2. The Balaban J connectivity index is 2.04. The second kappa shape index (κ2) is 5.23. The van der Waals surface area contributed by atoms with Crippen molar-refractivity contribution in [3.63, 3.8) is 0 Å². The van der Waals surface area contributed by atoms with Gasteiger partial charge in [-0.05, 0) is 47.6 Å². The number of aryl methyl sites for hydroxylation is 2. The van der Waals surface area contributed by atoms with Crippen molar-refractivity contribution in [1.82, 2.24) is 4.40 Å². The summed E-state index contributed by atoms with van der Waals surface area (Å²) in [6.45, 7) is 6.78. The summed E-state index contributed by atoms with van der Waals surface area (Å²) in [7, 11) is 2.17. The van der Waals surface area contributed by atoms with Crippen molar-refractivity contribution >= 4 is 49.0 Å². The van der Waals surface area contributed by atoms with E-state index in [4.69, 9.17) is 0 Å². The molecule has 0 aliphatic rings. The zero-order valence-electron chi connectivity index (χ0n) is 16.7. The molecule has 28 heavy (non-hydrogen) atoms. The molecule has 2 nitrogen and oxygen atoms in total. The zero-order chi connectivity index (χ0) is 19.2. The van der Waals surface area contributed by atoms with E-state index in [1.807, 2.05) is 0 Å². The molecule has 0 atom stereocenters. The Kier molecular flexibility index (Phi) is 2.97. The molecule has 0 saturated heterocycles. The number of hydrogen-bond donors (Lipinski definition) is 0. The average molecular weight is 363 g/mol. The lowest BCUT2D eigenvalue weighted by Gasteiger charge is -2.12. The number of hydrogen-bond acceptors (Lipinski definition) is 0. The van der Waals surface area contributed by atoms with Gasteiger partial charge in [0.25, 0.3) is 0 Å².